The number of hydrogen-bond acceptors (Lipinski definition) is 6. The summed E-state index contributed by atoms with van der Waals surface area (Å²) in [5.74, 6) is 0.999. The normalized spacial score (nSPS) is 13.2. The number of tetrazole rings is 1. The predicted molar refractivity (Wildman–Crippen MR) is 121 cm³/mol. The summed E-state index contributed by atoms with van der Waals surface area (Å²) in [6.07, 6.45) is 3.74. The molecule has 1 N–H and O–H groups in total. The van der Waals surface area contributed by atoms with Gasteiger partial charge in [-0.15, -0.1) is 5.10 Å². The van der Waals surface area contributed by atoms with Crippen molar-refractivity contribution >= 4 is 11.6 Å². The highest BCUT2D eigenvalue weighted by atomic mass is 16.3. The molecule has 162 valence electrons. The van der Waals surface area contributed by atoms with Crippen LogP contribution in [-0.2, 0) is 0 Å². The van der Waals surface area contributed by atoms with E-state index in [1.807, 2.05) is 65.3 Å². The first-order chi connectivity index (χ1) is 16.3. The molecule has 0 bridgehead atoms. The van der Waals surface area contributed by atoms with Crippen LogP contribution in [0.5, 0.6) is 0 Å². The average Bonchev–Trinajstić information content (AvgIpc) is 3.26. The van der Waals surface area contributed by atoms with Crippen LogP contribution in [0, 0.1) is 0 Å². The van der Waals surface area contributed by atoms with Gasteiger partial charge in [0.15, 0.2) is 11.6 Å². The number of carbonyl (C=O) groups is 1. The van der Waals surface area contributed by atoms with E-state index in [1.54, 1.807) is 23.1 Å². The Balaban J connectivity index is 1.33. The van der Waals surface area contributed by atoms with Crippen LogP contribution < -0.4 is 5.32 Å². The predicted octanol–water partition coefficient (Wildman–Crippen LogP) is 4.37. The van der Waals surface area contributed by atoms with Gasteiger partial charge in [-0.1, -0.05) is 30.3 Å². The molecule has 33 heavy (non-hydrogen) atoms. The van der Waals surface area contributed by atoms with Gasteiger partial charge in [0.2, 0.25) is 0 Å². The van der Waals surface area contributed by atoms with E-state index >= 15 is 0 Å². The Hall–Kier alpha value is -4.53. The van der Waals surface area contributed by atoms with Gasteiger partial charge in [0.1, 0.15) is 11.4 Å². The maximum absolute atomic E-state index is 13.3. The van der Waals surface area contributed by atoms with Crippen molar-refractivity contribution in [3.63, 3.8) is 0 Å². The second kappa shape index (κ2) is 7.86. The Bertz CT molecular complexity index is 1420. The van der Waals surface area contributed by atoms with Crippen molar-refractivity contribution in [2.45, 2.75) is 18.9 Å². The minimum atomic E-state index is -0.289. The van der Waals surface area contributed by atoms with Crippen molar-refractivity contribution in [2.24, 2.45) is 0 Å². The number of nitrogens with zero attached hydrogens (tertiary/aromatic N) is 6. The summed E-state index contributed by atoms with van der Waals surface area (Å²) in [7, 11) is 0. The Labute approximate surface area is 188 Å². The quantitative estimate of drug-likeness (QED) is 0.423. The molecule has 0 saturated heterocycles. The van der Waals surface area contributed by atoms with Crippen molar-refractivity contribution in [2.75, 3.05) is 5.32 Å². The minimum absolute atomic E-state index is 0.289. The molecule has 1 amide bonds. The summed E-state index contributed by atoms with van der Waals surface area (Å²) in [5, 5.41) is 19.7. The molecule has 5 aromatic rings. The number of para-hydroxylation sites is 1. The Kier molecular flexibility index (Phi) is 4.57. The fourth-order valence-electron chi connectivity index (χ4n) is 3.73. The second-order valence-electron chi connectivity index (χ2n) is 7.85. The zero-order valence-electron chi connectivity index (χ0n) is 17.5. The number of hydrogen-bond donors (Lipinski definition) is 1. The minimum Gasteiger partial charge on any atom is -0.463 e. The third kappa shape index (κ3) is 3.69. The van der Waals surface area contributed by atoms with E-state index in [-0.39, 0.29) is 5.91 Å². The molecule has 2 aromatic carbocycles. The Morgan fingerprint density at radius 3 is 2.67 bits per heavy atom. The highest BCUT2D eigenvalue weighted by Crippen LogP contribution is 2.36. The molecule has 0 unspecified atom stereocenters. The molecule has 0 radical (unpaired) electrons. The van der Waals surface area contributed by atoms with Gasteiger partial charge in [0, 0.05) is 17.3 Å². The Morgan fingerprint density at radius 1 is 1.00 bits per heavy atom. The van der Waals surface area contributed by atoms with Crippen molar-refractivity contribution in [3.05, 3.63) is 84.8 Å². The van der Waals surface area contributed by atoms with Gasteiger partial charge in [-0.3, -0.25) is 4.79 Å². The summed E-state index contributed by atoms with van der Waals surface area (Å²) >= 11 is 0. The van der Waals surface area contributed by atoms with Crippen LogP contribution in [0.15, 0.2) is 83.5 Å². The summed E-state index contributed by atoms with van der Waals surface area (Å²) in [4.78, 5) is 13.3. The van der Waals surface area contributed by atoms with E-state index in [0.29, 0.717) is 34.7 Å². The smallest absolute Gasteiger partial charge is 0.274 e. The fraction of sp³-hybridized carbons (Fsp3) is 0.125. The van der Waals surface area contributed by atoms with Crippen LogP contribution in [0.3, 0.4) is 0 Å². The van der Waals surface area contributed by atoms with Crippen LogP contribution in [0.4, 0.5) is 5.69 Å². The molecule has 6 rings (SSSR count). The molecular weight excluding hydrogens is 418 g/mol. The molecule has 3 aromatic heterocycles. The fourth-order valence-corrected chi connectivity index (χ4v) is 3.73. The number of benzene rings is 2. The van der Waals surface area contributed by atoms with Gasteiger partial charge >= 0.3 is 0 Å². The second-order valence-corrected chi connectivity index (χ2v) is 7.85. The highest BCUT2D eigenvalue weighted by Gasteiger charge is 2.28. The molecule has 1 fully saturated rings. The zero-order chi connectivity index (χ0) is 22.2. The van der Waals surface area contributed by atoms with Crippen molar-refractivity contribution in [3.8, 4) is 28.5 Å². The first kappa shape index (κ1) is 19.2. The number of rotatable bonds is 6. The van der Waals surface area contributed by atoms with Gasteiger partial charge in [-0.2, -0.15) is 5.10 Å². The van der Waals surface area contributed by atoms with Gasteiger partial charge < -0.3 is 9.73 Å². The van der Waals surface area contributed by atoms with Crippen LogP contribution >= 0.6 is 0 Å². The SMILES string of the molecule is O=C(Nc1cccc(-c2nnnn2C2CC2)c1)c1cc(-c2ccco2)nn1-c1ccccc1. The number of aromatic nitrogens is 6. The highest BCUT2D eigenvalue weighted by molar-refractivity contribution is 6.04. The van der Waals surface area contributed by atoms with Gasteiger partial charge in [-0.05, 0) is 59.7 Å². The summed E-state index contributed by atoms with van der Waals surface area (Å²) in [6, 6.07) is 22.7. The number of anilines is 1. The first-order valence-electron chi connectivity index (χ1n) is 10.7. The van der Waals surface area contributed by atoms with Crippen molar-refractivity contribution in [1.29, 1.82) is 0 Å². The molecule has 0 spiro atoms. The maximum Gasteiger partial charge on any atom is 0.274 e. The number of nitrogens with one attached hydrogen (secondary N) is 1. The molecule has 1 aliphatic rings. The molecule has 9 nitrogen and oxygen atoms in total. The lowest BCUT2D eigenvalue weighted by Gasteiger charge is -2.09. The summed E-state index contributed by atoms with van der Waals surface area (Å²) in [6.45, 7) is 0. The van der Waals surface area contributed by atoms with E-state index < -0.39 is 0 Å². The molecule has 0 atom stereocenters. The topological polar surface area (TPSA) is 104 Å². The van der Waals surface area contributed by atoms with Gasteiger partial charge in [-0.25, -0.2) is 9.36 Å². The van der Waals surface area contributed by atoms with E-state index in [4.69, 9.17) is 4.42 Å². The lowest BCUT2D eigenvalue weighted by molar-refractivity contribution is 0.101. The third-order valence-electron chi connectivity index (χ3n) is 5.48. The standard InChI is InChI=1S/C24H19N7O2/c32-24(25-17-7-4-6-16(14-17)23-26-28-29-31(23)19-11-12-19)21-15-20(22-10-5-13-33-22)27-30(21)18-8-2-1-3-9-18/h1-10,13-15,19H,11-12H2,(H,25,32). The number of amides is 1. The van der Waals surface area contributed by atoms with Crippen LogP contribution in [-0.4, -0.2) is 35.9 Å². The molecular formula is C24H19N7O2. The van der Waals surface area contributed by atoms with Crippen LogP contribution in [0.2, 0.25) is 0 Å². The summed E-state index contributed by atoms with van der Waals surface area (Å²) in [5.41, 5.74) is 3.23. The number of furan rings is 1. The lowest BCUT2D eigenvalue weighted by Crippen LogP contribution is -2.17. The zero-order valence-corrected chi connectivity index (χ0v) is 17.5. The lowest BCUT2D eigenvalue weighted by atomic mass is 10.2. The third-order valence-corrected chi connectivity index (χ3v) is 5.48. The summed E-state index contributed by atoms with van der Waals surface area (Å²) < 4.78 is 8.95. The van der Waals surface area contributed by atoms with Crippen molar-refractivity contribution in [1.82, 2.24) is 30.0 Å². The number of carbonyl (C=O) groups excluding carboxylic acids is 1. The first-order valence-corrected chi connectivity index (χ1v) is 10.7. The maximum atomic E-state index is 13.3. The molecule has 1 saturated carbocycles. The largest absolute Gasteiger partial charge is 0.463 e. The van der Waals surface area contributed by atoms with E-state index in [2.05, 4.69) is 25.9 Å². The average molecular weight is 437 g/mol. The van der Waals surface area contributed by atoms with E-state index in [9.17, 15) is 4.79 Å². The molecule has 0 aliphatic heterocycles. The monoisotopic (exact) mass is 437 g/mol. The van der Waals surface area contributed by atoms with Crippen molar-refractivity contribution < 1.29 is 9.21 Å². The van der Waals surface area contributed by atoms with E-state index in [0.717, 1.165) is 24.1 Å². The van der Waals surface area contributed by atoms with Crippen LogP contribution in [0.25, 0.3) is 28.5 Å². The molecule has 3 heterocycles. The Morgan fingerprint density at radius 2 is 1.88 bits per heavy atom. The molecule has 9 heteroatoms. The van der Waals surface area contributed by atoms with Crippen LogP contribution in [0.1, 0.15) is 29.4 Å². The van der Waals surface area contributed by atoms with E-state index in [1.165, 1.54) is 0 Å². The molecule has 1 aliphatic carbocycles. The van der Waals surface area contributed by atoms with Gasteiger partial charge in [0.05, 0.1) is 18.0 Å². The van der Waals surface area contributed by atoms with Gasteiger partial charge in [0.25, 0.3) is 5.91 Å².